The first-order valence-electron chi connectivity index (χ1n) is 6.96. The first-order chi connectivity index (χ1) is 10.7. The third kappa shape index (κ3) is 3.41. The van der Waals surface area contributed by atoms with Gasteiger partial charge >= 0.3 is 0 Å². The lowest BCUT2D eigenvalue weighted by Gasteiger charge is -2.07. The molecule has 0 radical (unpaired) electrons. The van der Waals surface area contributed by atoms with Crippen LogP contribution in [0.15, 0.2) is 78.9 Å². The molecule has 0 aromatic heterocycles. The van der Waals surface area contributed by atoms with Crippen molar-refractivity contribution in [3.05, 3.63) is 84.4 Å². The molecular weight excluding hydrogens is 291 g/mol. The van der Waals surface area contributed by atoms with E-state index in [0.717, 1.165) is 16.4 Å². The number of rotatable bonds is 4. The van der Waals surface area contributed by atoms with Gasteiger partial charge in [0.05, 0.1) is 0 Å². The van der Waals surface area contributed by atoms with Crippen molar-refractivity contribution >= 4 is 19.4 Å². The third-order valence-electron chi connectivity index (χ3n) is 3.37. The minimum Gasteiger partial charge on any atom is -0.872 e. The maximum Gasteiger partial charge on any atom is 0.185 e. The van der Waals surface area contributed by atoms with Gasteiger partial charge in [0, 0.05) is 5.56 Å². The predicted molar refractivity (Wildman–Crippen MR) is 90.0 cm³/mol. The summed E-state index contributed by atoms with van der Waals surface area (Å²) in [5, 5.41) is 12.1. The van der Waals surface area contributed by atoms with Crippen molar-refractivity contribution < 1.29 is 9.90 Å². The fourth-order valence-corrected chi connectivity index (χ4v) is 3.09. The topological polar surface area (TPSA) is 40.1 Å². The Labute approximate surface area is 131 Å². The lowest BCUT2D eigenvalue weighted by molar-refractivity contribution is -0.268. The van der Waals surface area contributed by atoms with Crippen LogP contribution in [0, 0.1) is 0 Å². The summed E-state index contributed by atoms with van der Waals surface area (Å²) >= 11 is 0. The van der Waals surface area contributed by atoms with Gasteiger partial charge in [-0.05, 0) is 25.0 Å². The van der Waals surface area contributed by atoms with Crippen molar-refractivity contribution in [3.63, 3.8) is 0 Å². The van der Waals surface area contributed by atoms with Crippen LogP contribution >= 0.6 is 8.58 Å². The van der Waals surface area contributed by atoms with Crippen molar-refractivity contribution in [2.45, 2.75) is 0 Å². The molecule has 0 heterocycles. The number of carbonyl (C=O) groups excluding carboxylic acids is 1. The first-order valence-corrected chi connectivity index (χ1v) is 7.96. The van der Waals surface area contributed by atoms with E-state index in [1.54, 1.807) is 12.1 Å². The molecule has 3 heteroatoms. The van der Waals surface area contributed by atoms with Crippen LogP contribution in [0.1, 0.15) is 10.4 Å². The fraction of sp³-hybridized carbons (Fsp3) is 0. The molecule has 0 aliphatic heterocycles. The molecule has 0 saturated carbocycles. The van der Waals surface area contributed by atoms with Gasteiger partial charge in [-0.1, -0.05) is 78.9 Å². The van der Waals surface area contributed by atoms with Gasteiger partial charge in [0.15, 0.2) is 5.52 Å². The molecule has 0 aliphatic carbocycles. The number of benzene rings is 3. The maximum atomic E-state index is 12.2. The highest BCUT2D eigenvalue weighted by molar-refractivity contribution is 7.66. The highest BCUT2D eigenvalue weighted by Gasteiger charge is 2.06. The minimum atomic E-state index is -0.0768. The summed E-state index contributed by atoms with van der Waals surface area (Å²) in [6.07, 6.45) is 0. The van der Waals surface area contributed by atoms with Crippen LogP contribution in [0.4, 0.5) is 0 Å². The average Bonchev–Trinajstić information content (AvgIpc) is 2.57. The monoisotopic (exact) mass is 305 g/mol. The van der Waals surface area contributed by atoms with Crippen molar-refractivity contribution in [2.24, 2.45) is 0 Å². The Morgan fingerprint density at radius 1 is 0.727 bits per heavy atom. The molecule has 0 amide bonds. The van der Waals surface area contributed by atoms with Crippen LogP contribution in [0.25, 0.3) is 11.1 Å². The molecule has 2 nitrogen and oxygen atoms in total. The molecular formula is C19H14O2P-. The van der Waals surface area contributed by atoms with E-state index in [2.05, 4.69) is 12.1 Å². The van der Waals surface area contributed by atoms with Crippen LogP contribution in [-0.2, 0) is 0 Å². The number of hydrogen-bond donors (Lipinski definition) is 0. The fourth-order valence-electron chi connectivity index (χ4n) is 2.19. The van der Waals surface area contributed by atoms with Crippen LogP contribution in [-0.4, -0.2) is 5.52 Å². The summed E-state index contributed by atoms with van der Waals surface area (Å²) in [4.78, 5) is 12.2. The van der Waals surface area contributed by atoms with Crippen LogP contribution in [0.2, 0.25) is 0 Å². The van der Waals surface area contributed by atoms with Gasteiger partial charge in [-0.15, -0.1) is 5.75 Å². The summed E-state index contributed by atoms with van der Waals surface area (Å²) in [5.74, 6) is -0.0768. The molecule has 0 fully saturated rings. The standard InChI is InChI=1S/C19H15O2P/c20-17-10-6-16(7-11-17)19(21)22-18-12-8-15(9-13-18)14-4-2-1-3-5-14/h1-13,20,22H/p-1. The summed E-state index contributed by atoms with van der Waals surface area (Å²) in [7, 11) is 0.0656. The lowest BCUT2D eigenvalue weighted by Crippen LogP contribution is -2.01. The van der Waals surface area contributed by atoms with E-state index in [-0.39, 0.29) is 19.9 Å². The first kappa shape index (κ1) is 14.5. The van der Waals surface area contributed by atoms with E-state index in [0.29, 0.717) is 5.56 Å². The molecule has 3 rings (SSSR count). The van der Waals surface area contributed by atoms with E-state index >= 15 is 0 Å². The summed E-state index contributed by atoms with van der Waals surface area (Å²) in [6, 6.07) is 24.2. The quantitative estimate of drug-likeness (QED) is 0.691. The maximum absolute atomic E-state index is 12.2. The van der Waals surface area contributed by atoms with E-state index in [4.69, 9.17) is 0 Å². The average molecular weight is 305 g/mol. The van der Waals surface area contributed by atoms with Crippen LogP contribution in [0.5, 0.6) is 5.75 Å². The molecule has 3 aromatic carbocycles. The second-order valence-corrected chi connectivity index (χ2v) is 6.20. The highest BCUT2D eigenvalue weighted by Crippen LogP contribution is 2.22. The Morgan fingerprint density at radius 2 is 1.32 bits per heavy atom. The highest BCUT2D eigenvalue weighted by atomic mass is 31.1. The second kappa shape index (κ2) is 6.55. The van der Waals surface area contributed by atoms with E-state index in [9.17, 15) is 9.90 Å². The predicted octanol–water partition coefficient (Wildman–Crippen LogP) is 3.57. The summed E-state index contributed by atoms with van der Waals surface area (Å²) in [5.41, 5.74) is 2.93. The zero-order chi connectivity index (χ0) is 15.4. The third-order valence-corrected chi connectivity index (χ3v) is 4.50. The molecule has 3 aromatic rings. The normalized spacial score (nSPS) is 10.9. The molecule has 0 saturated heterocycles. The van der Waals surface area contributed by atoms with E-state index in [1.807, 2.05) is 42.5 Å². The molecule has 1 unspecified atom stereocenters. The van der Waals surface area contributed by atoms with Gasteiger partial charge in [-0.25, -0.2) is 0 Å². The largest absolute Gasteiger partial charge is 0.872 e. The molecule has 0 spiro atoms. The number of hydrogen-bond acceptors (Lipinski definition) is 2. The Morgan fingerprint density at radius 3 is 1.95 bits per heavy atom. The summed E-state index contributed by atoms with van der Waals surface area (Å²) in [6.45, 7) is 0. The van der Waals surface area contributed by atoms with E-state index in [1.165, 1.54) is 12.1 Å². The molecule has 0 aliphatic rings. The van der Waals surface area contributed by atoms with Crippen LogP contribution in [0.3, 0.4) is 0 Å². The van der Waals surface area contributed by atoms with Gasteiger partial charge in [-0.2, -0.15) is 0 Å². The Bertz CT molecular complexity index is 763. The number of carbonyl (C=O) groups is 1. The van der Waals surface area contributed by atoms with Gasteiger partial charge in [0.2, 0.25) is 0 Å². The van der Waals surface area contributed by atoms with Crippen molar-refractivity contribution in [1.82, 2.24) is 0 Å². The molecule has 22 heavy (non-hydrogen) atoms. The Kier molecular flexibility index (Phi) is 4.32. The van der Waals surface area contributed by atoms with Crippen molar-refractivity contribution in [3.8, 4) is 16.9 Å². The SMILES string of the molecule is O=C(Pc1ccc(-c2ccccc2)cc1)c1ccc([O-])cc1. The van der Waals surface area contributed by atoms with Gasteiger partial charge in [0.25, 0.3) is 0 Å². The van der Waals surface area contributed by atoms with Crippen molar-refractivity contribution in [2.75, 3.05) is 0 Å². The summed E-state index contributed by atoms with van der Waals surface area (Å²) < 4.78 is 0. The van der Waals surface area contributed by atoms with E-state index < -0.39 is 0 Å². The molecule has 0 N–H and O–H groups in total. The molecule has 1 atom stereocenters. The lowest BCUT2D eigenvalue weighted by atomic mass is 10.1. The smallest absolute Gasteiger partial charge is 0.185 e. The zero-order valence-electron chi connectivity index (χ0n) is 11.8. The second-order valence-electron chi connectivity index (χ2n) is 4.92. The molecule has 108 valence electrons. The van der Waals surface area contributed by atoms with Crippen LogP contribution < -0.4 is 10.4 Å². The van der Waals surface area contributed by atoms with Gasteiger partial charge < -0.3 is 5.11 Å². The Hall–Kier alpha value is -2.44. The van der Waals surface area contributed by atoms with Crippen molar-refractivity contribution in [1.29, 1.82) is 0 Å². The zero-order valence-corrected chi connectivity index (χ0v) is 12.8. The Balaban J connectivity index is 1.73. The molecule has 0 bridgehead atoms. The van der Waals surface area contributed by atoms with Gasteiger partial charge in [-0.3, -0.25) is 4.79 Å². The minimum absolute atomic E-state index is 0.0486. The van der Waals surface area contributed by atoms with Gasteiger partial charge in [0.1, 0.15) is 0 Å².